The standard InChI is InChI=1S/C18H27N3O4S/c22-18(19-7-2-8-21-9-11-25-12-10-21)16-3-1-4-17(13-16)26(23,24)20-14-15-5-6-15/h1,3-4,13,15,20H,2,5-12,14H2,(H,19,22). The maximum Gasteiger partial charge on any atom is 0.251 e. The second kappa shape index (κ2) is 8.94. The minimum Gasteiger partial charge on any atom is -0.379 e. The third kappa shape index (κ3) is 5.77. The Labute approximate surface area is 155 Å². The number of hydrogen-bond acceptors (Lipinski definition) is 5. The zero-order valence-corrected chi connectivity index (χ0v) is 15.8. The molecule has 1 amide bonds. The second-order valence-electron chi connectivity index (χ2n) is 6.89. The largest absolute Gasteiger partial charge is 0.379 e. The van der Waals surface area contributed by atoms with Gasteiger partial charge < -0.3 is 10.1 Å². The van der Waals surface area contributed by atoms with Crippen LogP contribution in [0.2, 0.25) is 0 Å². The maximum absolute atomic E-state index is 12.3. The summed E-state index contributed by atoms with van der Waals surface area (Å²) in [6.45, 7) is 5.35. The summed E-state index contributed by atoms with van der Waals surface area (Å²) >= 11 is 0. The lowest BCUT2D eigenvalue weighted by molar-refractivity contribution is 0.0374. The molecule has 2 aliphatic rings. The van der Waals surface area contributed by atoms with Crippen LogP contribution in [0.1, 0.15) is 29.6 Å². The Bertz CT molecular complexity index is 713. The molecule has 26 heavy (non-hydrogen) atoms. The van der Waals surface area contributed by atoms with Crippen LogP contribution in [0.3, 0.4) is 0 Å². The number of carbonyl (C=O) groups is 1. The van der Waals surface area contributed by atoms with Gasteiger partial charge in [0.2, 0.25) is 10.0 Å². The molecule has 0 aromatic heterocycles. The van der Waals surface area contributed by atoms with Crippen molar-refractivity contribution in [2.75, 3.05) is 45.9 Å². The van der Waals surface area contributed by atoms with Gasteiger partial charge in [-0.25, -0.2) is 13.1 Å². The third-order valence-corrected chi connectivity index (χ3v) is 6.13. The highest BCUT2D eigenvalue weighted by Crippen LogP contribution is 2.28. The lowest BCUT2D eigenvalue weighted by atomic mass is 10.2. The number of amides is 1. The summed E-state index contributed by atoms with van der Waals surface area (Å²) in [7, 11) is -3.56. The summed E-state index contributed by atoms with van der Waals surface area (Å²) < 4.78 is 32.6. The Morgan fingerprint density at radius 1 is 1.23 bits per heavy atom. The van der Waals surface area contributed by atoms with Gasteiger partial charge in [0.05, 0.1) is 18.1 Å². The van der Waals surface area contributed by atoms with Crippen molar-refractivity contribution in [3.05, 3.63) is 29.8 Å². The summed E-state index contributed by atoms with van der Waals surface area (Å²) in [4.78, 5) is 14.7. The van der Waals surface area contributed by atoms with E-state index in [-0.39, 0.29) is 10.8 Å². The molecule has 144 valence electrons. The molecule has 1 aromatic carbocycles. The van der Waals surface area contributed by atoms with Crippen molar-refractivity contribution >= 4 is 15.9 Å². The van der Waals surface area contributed by atoms with Gasteiger partial charge in [0.15, 0.2) is 0 Å². The molecule has 1 saturated heterocycles. The van der Waals surface area contributed by atoms with Crippen LogP contribution >= 0.6 is 0 Å². The first-order valence-corrected chi connectivity index (χ1v) is 10.7. The summed E-state index contributed by atoms with van der Waals surface area (Å²) in [5.41, 5.74) is 0.366. The predicted molar refractivity (Wildman–Crippen MR) is 98.6 cm³/mol. The molecule has 0 radical (unpaired) electrons. The first kappa shape index (κ1) is 19.3. The van der Waals surface area contributed by atoms with E-state index >= 15 is 0 Å². The fourth-order valence-corrected chi connectivity index (χ4v) is 4.03. The van der Waals surface area contributed by atoms with E-state index in [1.807, 2.05) is 0 Å². The lowest BCUT2D eigenvalue weighted by Gasteiger charge is -2.26. The summed E-state index contributed by atoms with van der Waals surface area (Å²) in [5, 5.41) is 2.87. The predicted octanol–water partition coefficient (Wildman–Crippen LogP) is 0.827. The molecule has 0 bridgehead atoms. The zero-order valence-electron chi connectivity index (χ0n) is 14.9. The molecule has 3 rings (SSSR count). The van der Waals surface area contributed by atoms with Gasteiger partial charge in [-0.05, 0) is 49.9 Å². The van der Waals surface area contributed by atoms with E-state index in [0.29, 0.717) is 24.6 Å². The highest BCUT2D eigenvalue weighted by Gasteiger charge is 2.24. The minimum atomic E-state index is -3.56. The maximum atomic E-state index is 12.3. The molecule has 2 N–H and O–H groups in total. The number of rotatable bonds is 9. The van der Waals surface area contributed by atoms with Gasteiger partial charge in [-0.1, -0.05) is 6.07 Å². The fourth-order valence-electron chi connectivity index (χ4n) is 2.87. The monoisotopic (exact) mass is 381 g/mol. The molecule has 1 saturated carbocycles. The smallest absolute Gasteiger partial charge is 0.251 e. The summed E-state index contributed by atoms with van der Waals surface area (Å²) in [6.07, 6.45) is 3.01. The quantitative estimate of drug-likeness (QED) is 0.619. The lowest BCUT2D eigenvalue weighted by Crippen LogP contribution is -2.38. The van der Waals surface area contributed by atoms with E-state index in [1.165, 1.54) is 12.1 Å². The van der Waals surface area contributed by atoms with Gasteiger partial charge in [0.25, 0.3) is 5.91 Å². The number of benzene rings is 1. The Morgan fingerprint density at radius 3 is 2.73 bits per heavy atom. The molecule has 0 atom stereocenters. The van der Waals surface area contributed by atoms with Crippen molar-refractivity contribution in [3.63, 3.8) is 0 Å². The highest BCUT2D eigenvalue weighted by molar-refractivity contribution is 7.89. The van der Waals surface area contributed by atoms with E-state index < -0.39 is 10.0 Å². The average Bonchev–Trinajstić information content (AvgIpc) is 3.49. The van der Waals surface area contributed by atoms with Crippen molar-refractivity contribution in [2.24, 2.45) is 5.92 Å². The Hall–Kier alpha value is -1.48. The van der Waals surface area contributed by atoms with Crippen molar-refractivity contribution in [2.45, 2.75) is 24.2 Å². The van der Waals surface area contributed by atoms with E-state index in [0.717, 1.165) is 52.1 Å². The van der Waals surface area contributed by atoms with Crippen LogP contribution in [-0.2, 0) is 14.8 Å². The van der Waals surface area contributed by atoms with Gasteiger partial charge in [0, 0.05) is 31.7 Å². The van der Waals surface area contributed by atoms with Crippen LogP contribution in [0.5, 0.6) is 0 Å². The second-order valence-corrected chi connectivity index (χ2v) is 8.65. The van der Waals surface area contributed by atoms with Crippen molar-refractivity contribution < 1.29 is 17.9 Å². The fraction of sp³-hybridized carbons (Fsp3) is 0.611. The summed E-state index contributed by atoms with van der Waals surface area (Å²) in [6, 6.07) is 6.20. The number of carbonyl (C=O) groups excluding carboxylic acids is 1. The van der Waals surface area contributed by atoms with Gasteiger partial charge in [-0.3, -0.25) is 9.69 Å². The SMILES string of the molecule is O=C(NCCCN1CCOCC1)c1cccc(S(=O)(=O)NCC2CC2)c1. The summed E-state index contributed by atoms with van der Waals surface area (Å²) in [5.74, 6) is 0.217. The molecular weight excluding hydrogens is 354 g/mol. The zero-order chi connectivity index (χ0) is 18.4. The van der Waals surface area contributed by atoms with Gasteiger partial charge >= 0.3 is 0 Å². The van der Waals surface area contributed by atoms with Crippen molar-refractivity contribution in [1.29, 1.82) is 0 Å². The highest BCUT2D eigenvalue weighted by atomic mass is 32.2. The number of nitrogens with one attached hydrogen (secondary N) is 2. The van der Waals surface area contributed by atoms with Crippen LogP contribution in [0.15, 0.2) is 29.2 Å². The molecule has 1 heterocycles. The van der Waals surface area contributed by atoms with Crippen molar-refractivity contribution in [1.82, 2.24) is 14.9 Å². The van der Waals surface area contributed by atoms with Crippen LogP contribution < -0.4 is 10.0 Å². The van der Waals surface area contributed by atoms with E-state index in [4.69, 9.17) is 4.74 Å². The topological polar surface area (TPSA) is 87.7 Å². The van der Waals surface area contributed by atoms with Crippen molar-refractivity contribution in [3.8, 4) is 0 Å². The van der Waals surface area contributed by atoms with Gasteiger partial charge in [0.1, 0.15) is 0 Å². The molecule has 0 spiro atoms. The molecule has 1 aromatic rings. The average molecular weight is 381 g/mol. The Morgan fingerprint density at radius 2 is 2.00 bits per heavy atom. The molecule has 1 aliphatic carbocycles. The minimum absolute atomic E-state index is 0.138. The van der Waals surface area contributed by atoms with E-state index in [1.54, 1.807) is 12.1 Å². The normalized spacial score (nSPS) is 18.6. The van der Waals surface area contributed by atoms with Crippen LogP contribution in [0.25, 0.3) is 0 Å². The molecule has 8 heteroatoms. The number of hydrogen-bond donors (Lipinski definition) is 2. The molecule has 2 fully saturated rings. The first-order chi connectivity index (χ1) is 12.5. The molecule has 0 unspecified atom stereocenters. The molecule has 1 aliphatic heterocycles. The number of morpholine rings is 1. The van der Waals surface area contributed by atoms with E-state index in [2.05, 4.69) is 14.9 Å². The van der Waals surface area contributed by atoms with Gasteiger partial charge in [-0.2, -0.15) is 0 Å². The Kier molecular flexibility index (Phi) is 6.63. The van der Waals surface area contributed by atoms with E-state index in [9.17, 15) is 13.2 Å². The number of nitrogens with zero attached hydrogens (tertiary/aromatic N) is 1. The van der Waals surface area contributed by atoms with Crippen LogP contribution in [0.4, 0.5) is 0 Å². The number of ether oxygens (including phenoxy) is 1. The number of sulfonamides is 1. The Balaban J connectivity index is 1.47. The molecule has 7 nitrogen and oxygen atoms in total. The first-order valence-electron chi connectivity index (χ1n) is 9.22. The van der Waals surface area contributed by atoms with Gasteiger partial charge in [-0.15, -0.1) is 0 Å². The van der Waals surface area contributed by atoms with Crippen LogP contribution in [0, 0.1) is 5.92 Å². The third-order valence-electron chi connectivity index (χ3n) is 4.71. The molecular formula is C18H27N3O4S. The van der Waals surface area contributed by atoms with Crippen LogP contribution in [-0.4, -0.2) is 65.2 Å².